The molecule has 1 aliphatic heterocycles. The number of para-hydroxylation sites is 1. The van der Waals surface area contributed by atoms with E-state index in [0.29, 0.717) is 31.3 Å². The zero-order valence-corrected chi connectivity index (χ0v) is 19.0. The van der Waals surface area contributed by atoms with Crippen molar-refractivity contribution in [1.29, 1.82) is 0 Å². The monoisotopic (exact) mass is 433 g/mol. The van der Waals surface area contributed by atoms with Crippen LogP contribution in [0.2, 0.25) is 0 Å². The number of nitrogens with zero attached hydrogens (tertiary/aromatic N) is 4. The molecule has 0 radical (unpaired) electrons. The highest BCUT2D eigenvalue weighted by molar-refractivity contribution is 5.87. The van der Waals surface area contributed by atoms with Gasteiger partial charge in [0.1, 0.15) is 17.4 Å². The van der Waals surface area contributed by atoms with E-state index in [1.807, 2.05) is 41.3 Å². The molecule has 0 aliphatic carbocycles. The zero-order valence-electron chi connectivity index (χ0n) is 19.0. The third-order valence-corrected chi connectivity index (χ3v) is 5.85. The topological polar surface area (TPSA) is 84.6 Å². The van der Waals surface area contributed by atoms with Gasteiger partial charge in [0.25, 0.3) is 5.91 Å². The fraction of sp³-hybridized carbons (Fsp3) is 0.400. The van der Waals surface area contributed by atoms with Gasteiger partial charge < -0.3 is 15.4 Å². The minimum atomic E-state index is 0.00995. The number of carbonyl (C=O) groups is 1. The highest BCUT2D eigenvalue weighted by Gasteiger charge is 2.22. The average molecular weight is 434 g/mol. The molecule has 1 fully saturated rings. The van der Waals surface area contributed by atoms with Gasteiger partial charge in [-0.1, -0.05) is 45.0 Å². The van der Waals surface area contributed by atoms with Crippen LogP contribution < -0.4 is 10.5 Å². The molecule has 0 atom stereocenters. The van der Waals surface area contributed by atoms with E-state index in [1.54, 1.807) is 0 Å². The number of hydrogen-bond donors (Lipinski definition) is 1. The van der Waals surface area contributed by atoms with E-state index in [1.165, 1.54) is 5.56 Å². The molecule has 0 unspecified atom stereocenters. The first-order valence-corrected chi connectivity index (χ1v) is 11.0. The predicted molar refractivity (Wildman–Crippen MR) is 126 cm³/mol. The van der Waals surface area contributed by atoms with Gasteiger partial charge in [-0.15, -0.1) is 0 Å². The Hall–Kier alpha value is -3.19. The predicted octanol–water partition coefficient (Wildman–Crippen LogP) is 3.23. The highest BCUT2D eigenvalue weighted by Crippen LogP contribution is 2.24. The number of amides is 1. The standard InChI is InChI=1S/C25H31N5O2/c1-25(2,3)18-8-10-19(11-9-18)32-17-23(31)30-14-12-29(13-15-30)16-22-27-21-7-5-4-6-20(21)24(26)28-22/h4-11H,12-17H2,1-3H3,(H2,26,27,28). The number of nitrogen functional groups attached to an aromatic ring is 1. The first kappa shape index (κ1) is 22.0. The lowest BCUT2D eigenvalue weighted by molar-refractivity contribution is -0.135. The van der Waals surface area contributed by atoms with Crippen LogP contribution in [0.25, 0.3) is 10.9 Å². The van der Waals surface area contributed by atoms with Crippen molar-refractivity contribution in [2.24, 2.45) is 0 Å². The van der Waals surface area contributed by atoms with Crippen LogP contribution in [-0.4, -0.2) is 58.5 Å². The van der Waals surface area contributed by atoms with E-state index in [2.05, 4.69) is 47.8 Å². The van der Waals surface area contributed by atoms with Crippen LogP contribution in [0, 0.1) is 0 Å². The van der Waals surface area contributed by atoms with Crippen LogP contribution in [0.4, 0.5) is 5.82 Å². The molecular formula is C25H31N5O2. The minimum Gasteiger partial charge on any atom is -0.484 e. The number of aromatic nitrogens is 2. The zero-order chi connectivity index (χ0) is 22.7. The summed E-state index contributed by atoms with van der Waals surface area (Å²) in [6, 6.07) is 15.7. The summed E-state index contributed by atoms with van der Waals surface area (Å²) >= 11 is 0. The van der Waals surface area contributed by atoms with Crippen molar-refractivity contribution >= 4 is 22.6 Å². The maximum Gasteiger partial charge on any atom is 0.260 e. The van der Waals surface area contributed by atoms with Crippen LogP contribution in [0.5, 0.6) is 5.75 Å². The SMILES string of the molecule is CC(C)(C)c1ccc(OCC(=O)N2CCN(Cc3nc(N)c4ccccc4n3)CC2)cc1. The van der Waals surface area contributed by atoms with Crippen molar-refractivity contribution < 1.29 is 9.53 Å². The third kappa shape index (κ3) is 5.16. The number of hydrogen-bond acceptors (Lipinski definition) is 6. The van der Waals surface area contributed by atoms with E-state index in [4.69, 9.17) is 10.5 Å². The third-order valence-electron chi connectivity index (χ3n) is 5.85. The molecule has 2 heterocycles. The average Bonchev–Trinajstić information content (AvgIpc) is 2.78. The number of benzene rings is 2. The van der Waals surface area contributed by atoms with Crippen molar-refractivity contribution in [3.63, 3.8) is 0 Å². The van der Waals surface area contributed by atoms with Gasteiger partial charge in [0.15, 0.2) is 6.61 Å². The molecule has 2 aromatic carbocycles. The smallest absolute Gasteiger partial charge is 0.260 e. The summed E-state index contributed by atoms with van der Waals surface area (Å²) in [5, 5.41) is 0.875. The van der Waals surface area contributed by atoms with Gasteiger partial charge in [-0.25, -0.2) is 9.97 Å². The second-order valence-corrected chi connectivity index (χ2v) is 9.26. The first-order chi connectivity index (χ1) is 15.3. The molecule has 2 N–H and O–H groups in total. The quantitative estimate of drug-likeness (QED) is 0.665. The Morgan fingerprint density at radius 3 is 2.38 bits per heavy atom. The molecule has 7 heteroatoms. The number of fused-ring (bicyclic) bond motifs is 1. The van der Waals surface area contributed by atoms with Gasteiger partial charge in [-0.05, 0) is 35.2 Å². The summed E-state index contributed by atoms with van der Waals surface area (Å²) in [6.45, 7) is 10.0. The fourth-order valence-electron chi connectivity index (χ4n) is 3.86. The van der Waals surface area contributed by atoms with Gasteiger partial charge in [0, 0.05) is 31.6 Å². The number of anilines is 1. The summed E-state index contributed by atoms with van der Waals surface area (Å²) in [6.07, 6.45) is 0. The Labute approximate surface area is 189 Å². The number of carbonyl (C=O) groups excluding carboxylic acids is 1. The molecule has 0 spiro atoms. The molecule has 1 aromatic heterocycles. The van der Waals surface area contributed by atoms with Crippen LogP contribution in [0.1, 0.15) is 32.2 Å². The molecular weight excluding hydrogens is 402 g/mol. The van der Waals surface area contributed by atoms with Crippen LogP contribution in [-0.2, 0) is 16.8 Å². The molecule has 4 rings (SSSR count). The van der Waals surface area contributed by atoms with Crippen molar-refractivity contribution in [2.75, 3.05) is 38.5 Å². The number of nitrogens with two attached hydrogens (primary N) is 1. The molecule has 3 aromatic rings. The van der Waals surface area contributed by atoms with Gasteiger partial charge in [0.05, 0.1) is 12.1 Å². The summed E-state index contributed by atoms with van der Waals surface area (Å²) in [5.41, 5.74) is 8.29. The number of ether oxygens (including phenoxy) is 1. The summed E-state index contributed by atoms with van der Waals surface area (Å²) in [7, 11) is 0. The van der Waals surface area contributed by atoms with Crippen molar-refractivity contribution in [2.45, 2.75) is 32.7 Å². The minimum absolute atomic E-state index is 0.00995. The van der Waals surface area contributed by atoms with Crippen LogP contribution in [0.15, 0.2) is 48.5 Å². The second kappa shape index (κ2) is 9.12. The number of piperazine rings is 1. The Kier molecular flexibility index (Phi) is 6.28. The van der Waals surface area contributed by atoms with E-state index in [-0.39, 0.29) is 17.9 Å². The fourth-order valence-corrected chi connectivity index (χ4v) is 3.86. The van der Waals surface area contributed by atoms with Crippen molar-refractivity contribution in [3.8, 4) is 5.75 Å². The van der Waals surface area contributed by atoms with Crippen molar-refractivity contribution in [1.82, 2.24) is 19.8 Å². The van der Waals surface area contributed by atoms with Crippen LogP contribution in [0.3, 0.4) is 0 Å². The molecule has 0 saturated carbocycles. The lowest BCUT2D eigenvalue weighted by atomic mass is 9.87. The lowest BCUT2D eigenvalue weighted by Gasteiger charge is -2.34. The molecule has 168 valence electrons. The normalized spacial score (nSPS) is 15.2. The van der Waals surface area contributed by atoms with Crippen LogP contribution >= 0.6 is 0 Å². The molecule has 1 amide bonds. The lowest BCUT2D eigenvalue weighted by Crippen LogP contribution is -2.49. The largest absolute Gasteiger partial charge is 0.484 e. The van der Waals surface area contributed by atoms with E-state index in [0.717, 1.165) is 29.7 Å². The van der Waals surface area contributed by atoms with Gasteiger partial charge in [-0.3, -0.25) is 9.69 Å². The van der Waals surface area contributed by atoms with E-state index in [9.17, 15) is 4.79 Å². The second-order valence-electron chi connectivity index (χ2n) is 9.26. The van der Waals surface area contributed by atoms with E-state index < -0.39 is 0 Å². The van der Waals surface area contributed by atoms with Gasteiger partial charge in [0.2, 0.25) is 0 Å². The van der Waals surface area contributed by atoms with Gasteiger partial charge >= 0.3 is 0 Å². The Balaban J connectivity index is 1.27. The highest BCUT2D eigenvalue weighted by atomic mass is 16.5. The molecule has 32 heavy (non-hydrogen) atoms. The molecule has 1 aliphatic rings. The van der Waals surface area contributed by atoms with E-state index >= 15 is 0 Å². The maximum absolute atomic E-state index is 12.6. The van der Waals surface area contributed by atoms with Gasteiger partial charge in [-0.2, -0.15) is 0 Å². The van der Waals surface area contributed by atoms with Crippen molar-refractivity contribution in [3.05, 3.63) is 59.9 Å². The molecule has 0 bridgehead atoms. The Morgan fingerprint density at radius 2 is 1.69 bits per heavy atom. The molecule has 1 saturated heterocycles. The molecule has 7 nitrogen and oxygen atoms in total. The number of rotatable bonds is 5. The summed E-state index contributed by atoms with van der Waals surface area (Å²) < 4.78 is 5.73. The maximum atomic E-state index is 12.6. The summed E-state index contributed by atoms with van der Waals surface area (Å²) in [4.78, 5) is 25.8. The first-order valence-electron chi connectivity index (χ1n) is 11.0. The Bertz CT molecular complexity index is 1080. The Morgan fingerprint density at radius 1 is 1.00 bits per heavy atom. The summed E-state index contributed by atoms with van der Waals surface area (Å²) in [5.74, 6) is 1.95.